The lowest BCUT2D eigenvalue weighted by Gasteiger charge is -2.19. The number of anilines is 1. The van der Waals surface area contributed by atoms with Crippen LogP contribution in [0.4, 0.5) is 5.13 Å². The van der Waals surface area contributed by atoms with E-state index in [1.165, 1.54) is 28.0 Å². The van der Waals surface area contributed by atoms with E-state index in [1.54, 1.807) is 30.3 Å². The van der Waals surface area contributed by atoms with E-state index in [0.717, 1.165) is 28.0 Å². The minimum atomic E-state index is -0.321. The van der Waals surface area contributed by atoms with E-state index in [0.29, 0.717) is 0 Å². The second-order valence-corrected chi connectivity index (χ2v) is 9.13. The quantitative estimate of drug-likeness (QED) is 0.571. The summed E-state index contributed by atoms with van der Waals surface area (Å²) >= 11 is 4.69. The number of thioether (sulfide) groups is 1. The van der Waals surface area contributed by atoms with Crippen LogP contribution in [0.1, 0.15) is 15.7 Å². The highest BCUT2D eigenvalue weighted by Gasteiger charge is 2.25. The number of amides is 1. The van der Waals surface area contributed by atoms with Crippen molar-refractivity contribution in [1.82, 2.24) is 15.1 Å². The van der Waals surface area contributed by atoms with Gasteiger partial charge in [0, 0.05) is 25.5 Å². The van der Waals surface area contributed by atoms with Gasteiger partial charge in [-0.25, -0.2) is 0 Å². The summed E-state index contributed by atoms with van der Waals surface area (Å²) in [6.07, 6.45) is 0.964. The Morgan fingerprint density at radius 3 is 2.69 bits per heavy atom. The molecule has 0 bridgehead atoms. The number of carbonyl (C=O) groups is 1. The number of nitrogens with zero attached hydrogens (tertiary/aromatic N) is 3. The molecule has 5 nitrogen and oxygen atoms in total. The molecule has 0 fully saturated rings. The van der Waals surface area contributed by atoms with Crippen molar-refractivity contribution in [2.75, 3.05) is 26.0 Å². The second kappa shape index (κ2) is 9.16. The summed E-state index contributed by atoms with van der Waals surface area (Å²) in [5.74, 6) is 0.0450. The van der Waals surface area contributed by atoms with Gasteiger partial charge in [0.25, 0.3) is 0 Å². The van der Waals surface area contributed by atoms with E-state index in [1.807, 2.05) is 30.3 Å². The molecule has 0 radical (unpaired) electrons. The van der Waals surface area contributed by atoms with Crippen molar-refractivity contribution in [2.24, 2.45) is 0 Å². The lowest BCUT2D eigenvalue weighted by molar-refractivity contribution is -0.128. The van der Waals surface area contributed by atoms with Crippen LogP contribution in [0.25, 0.3) is 0 Å². The van der Waals surface area contributed by atoms with E-state index < -0.39 is 0 Å². The number of carbonyl (C=O) groups excluding carboxylic acids is 1. The van der Waals surface area contributed by atoms with Crippen molar-refractivity contribution >= 4 is 45.5 Å². The maximum Gasteiger partial charge on any atom is 0.240 e. The number of thiophene rings is 1. The molecule has 0 saturated carbocycles. The van der Waals surface area contributed by atoms with Crippen molar-refractivity contribution in [2.45, 2.75) is 16.0 Å². The van der Waals surface area contributed by atoms with Gasteiger partial charge in [-0.15, -0.1) is 21.5 Å². The van der Waals surface area contributed by atoms with E-state index in [4.69, 9.17) is 0 Å². The van der Waals surface area contributed by atoms with Gasteiger partial charge in [-0.3, -0.25) is 4.79 Å². The maximum atomic E-state index is 12.6. The van der Waals surface area contributed by atoms with Crippen molar-refractivity contribution in [3.05, 3.63) is 58.3 Å². The highest BCUT2D eigenvalue weighted by atomic mass is 32.2. The Labute approximate surface area is 165 Å². The van der Waals surface area contributed by atoms with Gasteiger partial charge < -0.3 is 10.2 Å². The van der Waals surface area contributed by atoms with Crippen LogP contribution in [0.3, 0.4) is 0 Å². The summed E-state index contributed by atoms with van der Waals surface area (Å²) in [5.41, 5.74) is 0.971. The van der Waals surface area contributed by atoms with Crippen molar-refractivity contribution < 1.29 is 4.79 Å². The Kier molecular flexibility index (Phi) is 6.65. The van der Waals surface area contributed by atoms with Crippen LogP contribution >= 0.6 is 34.4 Å². The Morgan fingerprint density at radius 1 is 1.19 bits per heavy atom. The van der Waals surface area contributed by atoms with Crippen molar-refractivity contribution in [3.63, 3.8) is 0 Å². The van der Waals surface area contributed by atoms with Crippen LogP contribution < -0.4 is 5.32 Å². The third-order valence-electron chi connectivity index (χ3n) is 3.62. The molecule has 1 N–H and O–H groups in total. The Balaban J connectivity index is 1.64. The summed E-state index contributed by atoms with van der Waals surface area (Å²) in [7, 11) is 3.55. The molecule has 0 aliphatic carbocycles. The molecule has 8 heteroatoms. The molecule has 0 aliphatic rings. The first-order valence-corrected chi connectivity index (χ1v) is 10.7. The molecule has 2 heterocycles. The van der Waals surface area contributed by atoms with Crippen LogP contribution in [0, 0.1) is 0 Å². The molecule has 2 aromatic heterocycles. The van der Waals surface area contributed by atoms with Crippen LogP contribution in [0.5, 0.6) is 0 Å². The maximum absolute atomic E-state index is 12.6. The number of nitrogens with one attached hydrogen (secondary N) is 1. The zero-order valence-corrected chi connectivity index (χ0v) is 17.0. The highest BCUT2D eigenvalue weighted by Crippen LogP contribution is 2.38. The standard InChI is InChI=1S/C18H20N4OS3/c1-22(2)16(23)15(13-7-4-3-5-8-13)25-18-21-20-17(26-18)19-11-10-14-9-6-12-24-14/h3-9,12,15H,10-11H2,1-2H3,(H,19,20). The third kappa shape index (κ3) is 5.06. The molecular weight excluding hydrogens is 384 g/mol. The molecule has 1 atom stereocenters. The van der Waals surface area contributed by atoms with Gasteiger partial charge in [0.15, 0.2) is 4.34 Å². The van der Waals surface area contributed by atoms with Crippen LogP contribution in [-0.2, 0) is 11.2 Å². The highest BCUT2D eigenvalue weighted by molar-refractivity contribution is 8.01. The minimum absolute atomic E-state index is 0.0450. The molecule has 3 aromatic rings. The van der Waals surface area contributed by atoms with Crippen molar-refractivity contribution in [1.29, 1.82) is 0 Å². The van der Waals surface area contributed by atoms with E-state index >= 15 is 0 Å². The summed E-state index contributed by atoms with van der Waals surface area (Å²) < 4.78 is 0.785. The summed E-state index contributed by atoms with van der Waals surface area (Å²) in [5, 5.41) is 14.3. The predicted molar refractivity (Wildman–Crippen MR) is 110 cm³/mol. The zero-order valence-electron chi connectivity index (χ0n) is 14.6. The number of aromatic nitrogens is 2. The molecular formula is C18H20N4OS3. The first kappa shape index (κ1) is 18.9. The van der Waals surface area contributed by atoms with Gasteiger partial charge in [-0.1, -0.05) is 59.5 Å². The van der Waals surface area contributed by atoms with E-state index in [-0.39, 0.29) is 11.2 Å². The van der Waals surface area contributed by atoms with Gasteiger partial charge in [0.1, 0.15) is 5.25 Å². The summed E-state index contributed by atoms with van der Waals surface area (Å²) in [4.78, 5) is 15.6. The SMILES string of the molecule is CN(C)C(=O)C(Sc1nnc(NCCc2cccs2)s1)c1ccccc1. The van der Waals surface area contributed by atoms with Crippen LogP contribution in [0.15, 0.2) is 52.2 Å². The van der Waals surface area contributed by atoms with Gasteiger partial charge in [0.2, 0.25) is 11.0 Å². The first-order chi connectivity index (χ1) is 12.6. The van der Waals surface area contributed by atoms with Crippen LogP contribution in [-0.4, -0.2) is 41.6 Å². The first-order valence-electron chi connectivity index (χ1n) is 8.16. The fourth-order valence-electron chi connectivity index (χ4n) is 2.30. The molecule has 1 amide bonds. The molecule has 1 unspecified atom stereocenters. The summed E-state index contributed by atoms with van der Waals surface area (Å²) in [6.45, 7) is 0.818. The average molecular weight is 405 g/mol. The van der Waals surface area contributed by atoms with Crippen molar-refractivity contribution in [3.8, 4) is 0 Å². The molecule has 1 aromatic carbocycles. The molecule has 136 valence electrons. The lowest BCUT2D eigenvalue weighted by Crippen LogP contribution is -2.26. The average Bonchev–Trinajstić information content (AvgIpc) is 3.32. The normalized spacial score (nSPS) is 11.9. The monoisotopic (exact) mass is 404 g/mol. The fraction of sp³-hybridized carbons (Fsp3) is 0.278. The van der Waals surface area contributed by atoms with Gasteiger partial charge in [-0.05, 0) is 23.4 Å². The van der Waals surface area contributed by atoms with E-state index in [2.05, 4.69) is 33.0 Å². The Morgan fingerprint density at radius 2 is 2.00 bits per heavy atom. The smallest absolute Gasteiger partial charge is 0.240 e. The van der Waals surface area contributed by atoms with Gasteiger partial charge in [-0.2, -0.15) is 0 Å². The number of benzene rings is 1. The fourth-order valence-corrected chi connectivity index (χ4v) is 5.12. The second-order valence-electron chi connectivity index (χ2n) is 5.77. The third-order valence-corrected chi connectivity index (χ3v) is 6.76. The number of rotatable bonds is 8. The summed E-state index contributed by atoms with van der Waals surface area (Å²) in [6, 6.07) is 14.0. The van der Waals surface area contributed by atoms with Crippen LogP contribution in [0.2, 0.25) is 0 Å². The largest absolute Gasteiger partial charge is 0.360 e. The van der Waals surface area contributed by atoms with E-state index in [9.17, 15) is 4.79 Å². The molecule has 0 saturated heterocycles. The number of hydrogen-bond donors (Lipinski definition) is 1. The van der Waals surface area contributed by atoms with Gasteiger partial charge >= 0.3 is 0 Å². The van der Waals surface area contributed by atoms with Gasteiger partial charge in [0.05, 0.1) is 0 Å². The minimum Gasteiger partial charge on any atom is -0.360 e. The Hall–Kier alpha value is -1.90. The Bertz CT molecular complexity index is 818. The topological polar surface area (TPSA) is 58.1 Å². The molecule has 0 spiro atoms. The number of hydrogen-bond acceptors (Lipinski definition) is 7. The number of likely N-dealkylation sites (N-methyl/N-ethyl adjacent to an activating group) is 1. The molecule has 26 heavy (non-hydrogen) atoms. The molecule has 0 aliphatic heterocycles. The molecule has 3 rings (SSSR count). The predicted octanol–water partition coefficient (Wildman–Crippen LogP) is 4.18. The lowest BCUT2D eigenvalue weighted by atomic mass is 10.1. The zero-order chi connectivity index (χ0) is 18.4.